The predicted molar refractivity (Wildman–Crippen MR) is 59.8 cm³/mol. The molecule has 5 nitrogen and oxygen atoms in total. The zero-order valence-electron chi connectivity index (χ0n) is 8.71. The van der Waals surface area contributed by atoms with Crippen LogP contribution < -0.4 is 4.72 Å². The highest BCUT2D eigenvalue weighted by Gasteiger charge is 2.29. The molecule has 86 valence electrons. The number of fused-ring (bicyclic) bond motifs is 1. The summed E-state index contributed by atoms with van der Waals surface area (Å²) in [5.41, 5.74) is 0.558. The molecule has 6 heteroatoms. The van der Waals surface area contributed by atoms with Gasteiger partial charge in [-0.15, -0.1) is 0 Å². The molecule has 0 saturated heterocycles. The fourth-order valence-corrected chi connectivity index (χ4v) is 2.73. The van der Waals surface area contributed by atoms with Crippen molar-refractivity contribution in [2.75, 3.05) is 6.54 Å². The van der Waals surface area contributed by atoms with Gasteiger partial charge in [-0.3, -0.25) is 9.71 Å². The number of aliphatic hydroxyl groups excluding tert-OH is 1. The van der Waals surface area contributed by atoms with E-state index in [4.69, 9.17) is 5.11 Å². The number of hydrogen-bond donors (Lipinski definition) is 2. The Morgan fingerprint density at radius 1 is 1.44 bits per heavy atom. The monoisotopic (exact) mass is 240 g/mol. The van der Waals surface area contributed by atoms with Crippen LogP contribution in [0.15, 0.2) is 34.2 Å². The number of benzene rings is 1. The number of sulfonamides is 1. The van der Waals surface area contributed by atoms with E-state index >= 15 is 0 Å². The van der Waals surface area contributed by atoms with Gasteiger partial charge in [-0.25, -0.2) is 8.42 Å². The summed E-state index contributed by atoms with van der Waals surface area (Å²) < 4.78 is 25.7. The largest absolute Gasteiger partial charge is 0.391 e. The molecule has 1 heterocycles. The summed E-state index contributed by atoms with van der Waals surface area (Å²) in [5, 5.41) is 9.11. The summed E-state index contributed by atoms with van der Waals surface area (Å²) in [7, 11) is -3.47. The number of nitrogens with zero attached hydrogens (tertiary/aromatic N) is 1. The van der Waals surface area contributed by atoms with Crippen LogP contribution >= 0.6 is 0 Å². The van der Waals surface area contributed by atoms with Gasteiger partial charge in [0.05, 0.1) is 17.5 Å². The Bertz CT molecular complexity index is 535. The molecule has 2 rings (SSSR count). The van der Waals surface area contributed by atoms with E-state index in [1.54, 1.807) is 25.1 Å². The molecule has 1 aromatic rings. The van der Waals surface area contributed by atoms with E-state index in [0.29, 0.717) is 11.4 Å². The fraction of sp³-hybridized carbons (Fsp3) is 0.300. The molecule has 0 aromatic heterocycles. The number of nitrogens with one attached hydrogen (secondary N) is 1. The lowest BCUT2D eigenvalue weighted by Gasteiger charge is -2.00. The van der Waals surface area contributed by atoms with Crippen LogP contribution in [0.2, 0.25) is 0 Å². The van der Waals surface area contributed by atoms with Gasteiger partial charge in [-0.1, -0.05) is 12.1 Å². The predicted octanol–water partition coefficient (Wildman–Crippen LogP) is 0.106. The maximum atomic E-state index is 11.7. The second-order valence-corrected chi connectivity index (χ2v) is 5.29. The van der Waals surface area contributed by atoms with Crippen LogP contribution in [0.1, 0.15) is 12.5 Å². The molecule has 1 aliphatic rings. The topological polar surface area (TPSA) is 78.8 Å². The Kier molecular flexibility index (Phi) is 2.69. The summed E-state index contributed by atoms with van der Waals surface area (Å²) in [5.74, 6) is 0.302. The molecule has 0 radical (unpaired) electrons. The summed E-state index contributed by atoms with van der Waals surface area (Å²) in [4.78, 5) is 4.27. The summed E-state index contributed by atoms with van der Waals surface area (Å²) >= 11 is 0. The Hall–Kier alpha value is -1.40. The number of rotatable bonds is 2. The van der Waals surface area contributed by atoms with Crippen LogP contribution in [0, 0.1) is 0 Å². The molecular formula is C10H12N2O3S. The SMILES string of the molecule is C[C@@H](O)CN=C1NS(=O)(=O)c2ccccc21. The summed E-state index contributed by atoms with van der Waals surface area (Å²) in [6, 6.07) is 6.63. The number of aliphatic imine (C=N–C) groups is 1. The molecule has 0 fully saturated rings. The third kappa shape index (κ3) is 1.94. The lowest BCUT2D eigenvalue weighted by molar-refractivity contribution is 0.204. The molecule has 0 saturated carbocycles. The van der Waals surface area contributed by atoms with E-state index in [-0.39, 0.29) is 11.4 Å². The van der Waals surface area contributed by atoms with Crippen molar-refractivity contribution < 1.29 is 13.5 Å². The van der Waals surface area contributed by atoms with E-state index in [2.05, 4.69) is 9.71 Å². The highest BCUT2D eigenvalue weighted by atomic mass is 32.2. The Morgan fingerprint density at radius 2 is 2.12 bits per heavy atom. The average molecular weight is 240 g/mol. The van der Waals surface area contributed by atoms with Gasteiger partial charge < -0.3 is 5.11 Å². The van der Waals surface area contributed by atoms with E-state index in [0.717, 1.165) is 0 Å². The van der Waals surface area contributed by atoms with Crippen molar-refractivity contribution in [3.8, 4) is 0 Å². The number of aliphatic hydroxyl groups is 1. The van der Waals surface area contributed by atoms with Crippen molar-refractivity contribution in [1.82, 2.24) is 4.72 Å². The minimum absolute atomic E-state index is 0.173. The van der Waals surface area contributed by atoms with E-state index < -0.39 is 16.1 Å². The maximum absolute atomic E-state index is 11.7. The summed E-state index contributed by atoms with van der Waals surface area (Å²) in [6.07, 6.45) is -0.593. The molecule has 1 aromatic carbocycles. The molecule has 0 bridgehead atoms. The lowest BCUT2D eigenvalue weighted by atomic mass is 10.2. The smallest absolute Gasteiger partial charge is 0.263 e. The first-order valence-electron chi connectivity index (χ1n) is 4.85. The van der Waals surface area contributed by atoms with Gasteiger partial charge in [0.25, 0.3) is 10.0 Å². The molecule has 1 aliphatic heterocycles. The third-order valence-corrected chi connectivity index (χ3v) is 3.57. The van der Waals surface area contributed by atoms with Gasteiger partial charge in [0.2, 0.25) is 0 Å². The first kappa shape index (κ1) is 11.1. The number of hydrogen-bond acceptors (Lipinski definition) is 4. The number of amidine groups is 1. The second kappa shape index (κ2) is 3.88. The molecular weight excluding hydrogens is 228 g/mol. The normalized spacial score (nSPS) is 21.5. The summed E-state index contributed by atoms with van der Waals surface area (Å²) in [6.45, 7) is 1.77. The van der Waals surface area contributed by atoms with Crippen LogP contribution in [0.3, 0.4) is 0 Å². The molecule has 16 heavy (non-hydrogen) atoms. The quantitative estimate of drug-likeness (QED) is 0.770. The van der Waals surface area contributed by atoms with Crippen LogP contribution in [-0.4, -0.2) is 32.0 Å². The maximum Gasteiger partial charge on any atom is 0.263 e. The Morgan fingerprint density at radius 3 is 2.81 bits per heavy atom. The molecule has 0 unspecified atom stereocenters. The van der Waals surface area contributed by atoms with Gasteiger partial charge in [-0.2, -0.15) is 0 Å². The highest BCUT2D eigenvalue weighted by Crippen LogP contribution is 2.21. The van der Waals surface area contributed by atoms with Crippen molar-refractivity contribution in [2.24, 2.45) is 4.99 Å². The second-order valence-electron chi connectivity index (χ2n) is 3.64. The van der Waals surface area contributed by atoms with Gasteiger partial charge in [-0.05, 0) is 19.1 Å². The first-order chi connectivity index (χ1) is 7.50. The van der Waals surface area contributed by atoms with Crippen molar-refractivity contribution in [2.45, 2.75) is 17.9 Å². The molecule has 0 aliphatic carbocycles. The van der Waals surface area contributed by atoms with Gasteiger partial charge >= 0.3 is 0 Å². The van der Waals surface area contributed by atoms with Crippen LogP contribution in [-0.2, 0) is 10.0 Å². The third-order valence-electron chi connectivity index (χ3n) is 2.18. The van der Waals surface area contributed by atoms with E-state index in [1.165, 1.54) is 6.07 Å². The minimum atomic E-state index is -3.47. The average Bonchev–Trinajstić information content (AvgIpc) is 2.49. The fourth-order valence-electron chi connectivity index (χ4n) is 1.47. The molecule has 2 N–H and O–H groups in total. The van der Waals surface area contributed by atoms with Crippen molar-refractivity contribution >= 4 is 15.9 Å². The standard InChI is InChI=1S/C10H12N2O3S/c1-7(13)6-11-10-8-4-2-3-5-9(8)16(14,15)12-10/h2-5,7,13H,6H2,1H3,(H,11,12)/t7-/m1/s1. The van der Waals surface area contributed by atoms with Gasteiger partial charge in [0.15, 0.2) is 0 Å². The highest BCUT2D eigenvalue weighted by molar-refractivity contribution is 7.90. The molecule has 0 amide bonds. The van der Waals surface area contributed by atoms with E-state index in [9.17, 15) is 8.42 Å². The van der Waals surface area contributed by atoms with Crippen molar-refractivity contribution in [3.05, 3.63) is 29.8 Å². The Balaban J connectivity index is 2.45. The van der Waals surface area contributed by atoms with Crippen LogP contribution in [0.4, 0.5) is 0 Å². The lowest BCUT2D eigenvalue weighted by Crippen LogP contribution is -2.23. The van der Waals surface area contributed by atoms with Gasteiger partial charge in [0, 0.05) is 5.56 Å². The van der Waals surface area contributed by atoms with Gasteiger partial charge in [0.1, 0.15) is 5.84 Å². The van der Waals surface area contributed by atoms with Crippen molar-refractivity contribution in [3.63, 3.8) is 0 Å². The minimum Gasteiger partial charge on any atom is -0.391 e. The molecule has 1 atom stereocenters. The zero-order valence-corrected chi connectivity index (χ0v) is 9.53. The van der Waals surface area contributed by atoms with E-state index in [1.807, 2.05) is 0 Å². The molecule has 0 spiro atoms. The van der Waals surface area contributed by atoms with Crippen LogP contribution in [0.25, 0.3) is 0 Å². The van der Waals surface area contributed by atoms with Crippen LogP contribution in [0.5, 0.6) is 0 Å². The first-order valence-corrected chi connectivity index (χ1v) is 6.34. The zero-order chi connectivity index (χ0) is 11.8. The van der Waals surface area contributed by atoms with Crippen molar-refractivity contribution in [1.29, 1.82) is 0 Å². The Labute approximate surface area is 93.9 Å².